The zero-order valence-electron chi connectivity index (χ0n) is 21.1. The van der Waals surface area contributed by atoms with Gasteiger partial charge in [-0.05, 0) is 49.0 Å². The van der Waals surface area contributed by atoms with Gasteiger partial charge in [-0.1, -0.05) is 17.9 Å². The Bertz CT molecular complexity index is 1420. The van der Waals surface area contributed by atoms with Gasteiger partial charge in [-0.2, -0.15) is 0 Å². The van der Waals surface area contributed by atoms with Crippen LogP contribution in [0.2, 0.25) is 0 Å². The van der Waals surface area contributed by atoms with Crippen LogP contribution in [0.25, 0.3) is 0 Å². The van der Waals surface area contributed by atoms with Crippen molar-refractivity contribution >= 4 is 11.6 Å². The number of carbonyl (C=O) groups is 1. The lowest BCUT2D eigenvalue weighted by molar-refractivity contribution is -0.0257. The lowest BCUT2D eigenvalue weighted by atomic mass is 10.0. The van der Waals surface area contributed by atoms with E-state index in [0.717, 1.165) is 32.2 Å². The van der Waals surface area contributed by atoms with E-state index >= 15 is 8.78 Å². The van der Waals surface area contributed by atoms with Crippen molar-refractivity contribution in [2.45, 2.75) is 18.4 Å². The summed E-state index contributed by atoms with van der Waals surface area (Å²) in [5.74, 6) is 1.92. The Morgan fingerprint density at radius 3 is 2.63 bits per heavy atom. The molecule has 6 nitrogen and oxygen atoms in total. The van der Waals surface area contributed by atoms with Crippen molar-refractivity contribution in [1.29, 1.82) is 0 Å². The summed E-state index contributed by atoms with van der Waals surface area (Å²) in [6, 6.07) is 9.79. The average molecular weight is 521 g/mol. The van der Waals surface area contributed by atoms with E-state index in [1.807, 2.05) is 7.05 Å². The predicted molar refractivity (Wildman–Crippen MR) is 138 cm³/mol. The molecular formula is C29H27F3N4O2. The third-order valence-electron chi connectivity index (χ3n) is 7.01. The number of fused-ring (bicyclic) bond motifs is 1. The lowest BCUT2D eigenvalue weighted by Crippen LogP contribution is -2.45. The maximum atomic E-state index is 15.0. The summed E-state index contributed by atoms with van der Waals surface area (Å²) in [6.07, 6.45) is 2.77. The van der Waals surface area contributed by atoms with Gasteiger partial charge in [0, 0.05) is 67.2 Å². The maximum absolute atomic E-state index is 15.0. The number of likely N-dealkylation sites (N-methyl/N-ethyl adjacent to an activating group) is 1. The number of amides is 1. The Balaban J connectivity index is 1.34. The summed E-state index contributed by atoms with van der Waals surface area (Å²) in [4.78, 5) is 21.2. The van der Waals surface area contributed by atoms with E-state index in [2.05, 4.69) is 31.9 Å². The molecule has 2 aliphatic rings. The molecule has 1 saturated heterocycles. The molecule has 0 unspecified atom stereocenters. The van der Waals surface area contributed by atoms with Gasteiger partial charge in [0.25, 0.3) is 11.8 Å². The van der Waals surface area contributed by atoms with Crippen LogP contribution in [-0.2, 0) is 5.92 Å². The number of nitrogens with zero attached hydrogens (tertiary/aromatic N) is 3. The minimum Gasteiger partial charge on any atom is -0.495 e. The molecule has 1 N–H and O–H groups in total. The summed E-state index contributed by atoms with van der Waals surface area (Å²) in [7, 11) is 3.53. The van der Waals surface area contributed by atoms with Crippen LogP contribution in [-0.4, -0.2) is 61.0 Å². The van der Waals surface area contributed by atoms with Crippen molar-refractivity contribution in [1.82, 2.24) is 14.8 Å². The van der Waals surface area contributed by atoms with Crippen LogP contribution in [0.3, 0.4) is 0 Å². The monoisotopic (exact) mass is 520 g/mol. The largest absolute Gasteiger partial charge is 0.495 e. The molecule has 2 aromatic carbocycles. The zero-order valence-corrected chi connectivity index (χ0v) is 21.1. The Kier molecular flexibility index (Phi) is 7.11. The molecule has 0 bridgehead atoms. The molecule has 1 aliphatic carbocycles. The molecule has 2 heterocycles. The highest BCUT2D eigenvalue weighted by Crippen LogP contribution is 2.50. The highest BCUT2D eigenvalue weighted by Gasteiger charge is 2.47. The highest BCUT2D eigenvalue weighted by atomic mass is 19.3. The Labute approximate surface area is 219 Å². The van der Waals surface area contributed by atoms with Crippen LogP contribution in [0.15, 0.2) is 54.9 Å². The van der Waals surface area contributed by atoms with Crippen molar-refractivity contribution in [3.05, 3.63) is 88.5 Å². The number of hydrogen-bond donors (Lipinski definition) is 1. The first-order valence-corrected chi connectivity index (χ1v) is 12.3. The molecule has 0 radical (unpaired) electrons. The maximum Gasteiger partial charge on any atom is 0.275 e. The Morgan fingerprint density at radius 2 is 1.87 bits per heavy atom. The molecule has 38 heavy (non-hydrogen) atoms. The van der Waals surface area contributed by atoms with E-state index in [4.69, 9.17) is 4.74 Å². The number of carbonyl (C=O) groups excluding carboxylic acids is 1. The molecule has 1 fully saturated rings. The van der Waals surface area contributed by atoms with Gasteiger partial charge in [-0.3, -0.25) is 14.7 Å². The number of rotatable bonds is 4. The first kappa shape index (κ1) is 25.8. The third-order valence-corrected chi connectivity index (χ3v) is 7.01. The SMILES string of the molecule is COc1cncc(C#Cc2cc(C(=O)Nc3ccc4c(c3)C(F)(F)C[C@@H]4N3CCN(C)CC3)ccc2F)c1. The minimum atomic E-state index is -2.99. The number of pyridine rings is 1. The van der Waals surface area contributed by atoms with E-state index < -0.39 is 17.6 Å². The van der Waals surface area contributed by atoms with Gasteiger partial charge in [0.15, 0.2) is 0 Å². The van der Waals surface area contributed by atoms with Gasteiger partial charge in [0.1, 0.15) is 11.6 Å². The predicted octanol–water partition coefficient (Wildman–Crippen LogP) is 4.67. The number of anilines is 1. The summed E-state index contributed by atoms with van der Waals surface area (Å²) < 4.78 is 49.5. The highest BCUT2D eigenvalue weighted by molar-refractivity contribution is 6.04. The Morgan fingerprint density at radius 1 is 1.08 bits per heavy atom. The van der Waals surface area contributed by atoms with Crippen LogP contribution in [0.1, 0.15) is 45.1 Å². The number of halogens is 3. The molecular weight excluding hydrogens is 493 g/mol. The van der Waals surface area contributed by atoms with E-state index in [0.29, 0.717) is 16.9 Å². The number of ether oxygens (including phenoxy) is 1. The van der Waals surface area contributed by atoms with Gasteiger partial charge in [-0.15, -0.1) is 0 Å². The number of alkyl halides is 2. The number of nitrogens with one attached hydrogen (secondary N) is 1. The number of hydrogen-bond acceptors (Lipinski definition) is 5. The molecule has 5 rings (SSSR count). The van der Waals surface area contributed by atoms with Gasteiger partial charge in [0.2, 0.25) is 0 Å². The van der Waals surface area contributed by atoms with Crippen LogP contribution in [0, 0.1) is 17.7 Å². The summed E-state index contributed by atoms with van der Waals surface area (Å²) in [5.41, 5.74) is 1.50. The molecule has 0 spiro atoms. The summed E-state index contributed by atoms with van der Waals surface area (Å²) >= 11 is 0. The van der Waals surface area contributed by atoms with Crippen LogP contribution in [0.4, 0.5) is 18.9 Å². The first-order valence-electron chi connectivity index (χ1n) is 12.3. The van der Waals surface area contributed by atoms with E-state index in [-0.39, 0.29) is 34.8 Å². The molecule has 1 atom stereocenters. The van der Waals surface area contributed by atoms with Crippen LogP contribution in [0.5, 0.6) is 5.75 Å². The zero-order chi connectivity index (χ0) is 26.9. The van der Waals surface area contributed by atoms with Gasteiger partial charge in [-0.25, -0.2) is 13.2 Å². The van der Waals surface area contributed by atoms with Crippen molar-refractivity contribution in [2.24, 2.45) is 0 Å². The number of methoxy groups -OCH3 is 1. The molecule has 1 amide bonds. The van der Waals surface area contributed by atoms with Crippen molar-refractivity contribution in [3.8, 4) is 17.6 Å². The van der Waals surface area contributed by atoms with Gasteiger partial charge < -0.3 is 15.0 Å². The minimum absolute atomic E-state index is 0.0241. The number of piperazine rings is 1. The molecule has 0 saturated carbocycles. The fourth-order valence-electron chi connectivity index (χ4n) is 4.87. The Hall–Kier alpha value is -3.87. The van der Waals surface area contributed by atoms with Crippen molar-refractivity contribution in [3.63, 3.8) is 0 Å². The quantitative estimate of drug-likeness (QED) is 0.507. The molecule has 1 aliphatic heterocycles. The second kappa shape index (κ2) is 10.5. The lowest BCUT2D eigenvalue weighted by Gasteiger charge is -2.36. The summed E-state index contributed by atoms with van der Waals surface area (Å²) in [5, 5.41) is 2.67. The first-order chi connectivity index (χ1) is 18.2. The van der Waals surface area contributed by atoms with E-state index in [1.54, 1.807) is 18.2 Å². The molecule has 1 aromatic heterocycles. The van der Waals surface area contributed by atoms with E-state index in [9.17, 15) is 9.18 Å². The second-order valence-corrected chi connectivity index (χ2v) is 9.58. The fourth-order valence-corrected chi connectivity index (χ4v) is 4.87. The summed E-state index contributed by atoms with van der Waals surface area (Å²) in [6.45, 7) is 3.15. The normalized spacial score (nSPS) is 18.8. The molecule has 3 aromatic rings. The number of aromatic nitrogens is 1. The number of benzene rings is 2. The van der Waals surface area contributed by atoms with Crippen LogP contribution >= 0.6 is 0 Å². The standard InChI is InChI=1S/C29H27F3N4O2/c1-35-9-11-36(12-10-35)27-16-29(31,32)25-15-22(6-7-24(25)27)34-28(37)21-5-8-26(30)20(14-21)4-3-19-13-23(38-2)18-33-17-19/h5-8,13-15,17-18,27H,9-12,16H2,1-2H3,(H,34,37)/t27-/m0/s1. The van der Waals surface area contributed by atoms with Crippen molar-refractivity contribution in [2.75, 3.05) is 45.7 Å². The van der Waals surface area contributed by atoms with Gasteiger partial charge >= 0.3 is 0 Å². The van der Waals surface area contributed by atoms with E-state index in [1.165, 1.54) is 37.7 Å². The van der Waals surface area contributed by atoms with Crippen LogP contribution < -0.4 is 10.1 Å². The molecule has 9 heteroatoms. The smallest absolute Gasteiger partial charge is 0.275 e. The topological polar surface area (TPSA) is 57.7 Å². The average Bonchev–Trinajstić information content (AvgIpc) is 3.18. The fraction of sp³-hybridized carbons (Fsp3) is 0.310. The van der Waals surface area contributed by atoms with Gasteiger partial charge in [0.05, 0.1) is 18.9 Å². The van der Waals surface area contributed by atoms with Crippen molar-refractivity contribution < 1.29 is 22.7 Å². The third kappa shape index (κ3) is 5.37. The second-order valence-electron chi connectivity index (χ2n) is 9.58. The molecule has 196 valence electrons.